The Hall–Kier alpha value is -0.870. The van der Waals surface area contributed by atoms with Gasteiger partial charge in [0.25, 0.3) is 13.7 Å². The highest BCUT2D eigenvalue weighted by Crippen LogP contribution is 2.42. The molecule has 1 aliphatic rings. The first-order valence-electron chi connectivity index (χ1n) is 12.0. The number of nitrogens with zero attached hydrogens (tertiary/aromatic N) is 3. The molecule has 1 aromatic rings. The maximum absolute atomic E-state index is 12.3. The van der Waals surface area contributed by atoms with Crippen LogP contribution >= 0.6 is 19.6 Å². The Morgan fingerprint density at radius 1 is 1.12 bits per heavy atom. The zero-order valence-electron chi connectivity index (χ0n) is 20.5. The van der Waals surface area contributed by atoms with Gasteiger partial charge in [-0.1, -0.05) is 39.2 Å². The highest BCUT2D eigenvalue weighted by atomic mass is 32.1. The van der Waals surface area contributed by atoms with E-state index in [4.69, 9.17) is 18.5 Å². The number of hydrogen-bond acceptors (Lipinski definition) is 9. The minimum atomic E-state index is -4.42. The molecule has 2 unspecified atom stereocenters. The molecule has 0 N–H and O–H groups in total. The van der Waals surface area contributed by atoms with Crippen LogP contribution in [-0.2, 0) is 18.3 Å². The summed E-state index contributed by atoms with van der Waals surface area (Å²) in [6.45, 7) is 9.10. The summed E-state index contributed by atoms with van der Waals surface area (Å²) in [5.74, 6) is 0.563. The molecule has 190 valence electrons. The molecule has 0 aromatic carbocycles. The van der Waals surface area contributed by atoms with Gasteiger partial charge in [-0.25, -0.2) is 0 Å². The first-order chi connectivity index (χ1) is 15.8. The van der Waals surface area contributed by atoms with Gasteiger partial charge < -0.3 is 18.9 Å². The number of unbranched alkanes of at least 4 members (excludes halogenated alkanes) is 3. The SMILES string of the molecule is CCCCCCOc1nsnc1C1=CCC[N+](C)([C@@H](C)OP(=O)([O-])OCCCOCCC)C1. The molecular formula is C22H40N3O6PS. The van der Waals surface area contributed by atoms with Gasteiger partial charge in [-0.05, 0) is 19.3 Å². The molecule has 9 nitrogen and oxygen atoms in total. The van der Waals surface area contributed by atoms with E-state index in [1.807, 2.05) is 14.0 Å². The van der Waals surface area contributed by atoms with Crippen LogP contribution in [0.2, 0.25) is 0 Å². The Bertz CT molecular complexity index is 777. The molecule has 0 bridgehead atoms. The number of ether oxygens (including phenoxy) is 2. The standard InChI is InChI=1S/C22H40N3O6PS/c1-5-7-8-9-16-29-22-21(23-33-24-22)20-12-10-13-25(4,18-20)19(3)31-32(26,27)30-17-11-15-28-14-6-2/h12,19H,5-11,13-18H2,1-4H3/t19-,25?/m1/s1. The average molecular weight is 506 g/mol. The van der Waals surface area contributed by atoms with Crippen LogP contribution in [0.3, 0.4) is 0 Å². The van der Waals surface area contributed by atoms with E-state index in [2.05, 4.69) is 21.7 Å². The molecule has 1 aliphatic heterocycles. The lowest BCUT2D eigenvalue weighted by Crippen LogP contribution is -2.54. The molecule has 0 saturated heterocycles. The fourth-order valence-electron chi connectivity index (χ4n) is 3.63. The van der Waals surface area contributed by atoms with E-state index < -0.39 is 14.1 Å². The van der Waals surface area contributed by atoms with E-state index in [-0.39, 0.29) is 6.61 Å². The van der Waals surface area contributed by atoms with Crippen LogP contribution in [-0.4, -0.2) is 66.0 Å². The molecule has 3 atom stereocenters. The predicted octanol–water partition coefficient (Wildman–Crippen LogP) is 4.40. The van der Waals surface area contributed by atoms with Gasteiger partial charge in [-0.2, -0.15) is 4.37 Å². The molecular weight excluding hydrogens is 465 g/mol. The smallest absolute Gasteiger partial charge is 0.272 e. The second kappa shape index (κ2) is 14.5. The number of phosphoric ester groups is 1. The van der Waals surface area contributed by atoms with Crippen molar-refractivity contribution in [3.63, 3.8) is 0 Å². The summed E-state index contributed by atoms with van der Waals surface area (Å²) in [4.78, 5) is 12.3. The summed E-state index contributed by atoms with van der Waals surface area (Å²) < 4.78 is 43.2. The molecule has 33 heavy (non-hydrogen) atoms. The van der Waals surface area contributed by atoms with Gasteiger partial charge in [0.15, 0.2) is 6.23 Å². The number of quaternary nitrogens is 1. The highest BCUT2D eigenvalue weighted by Gasteiger charge is 2.37. The summed E-state index contributed by atoms with van der Waals surface area (Å²) in [6.07, 6.45) is 8.26. The molecule has 2 rings (SSSR count). The van der Waals surface area contributed by atoms with Crippen LogP contribution in [0.1, 0.15) is 71.4 Å². The Kier molecular flexibility index (Phi) is 12.5. The summed E-state index contributed by atoms with van der Waals surface area (Å²) >= 11 is 1.13. The Labute approximate surface area is 202 Å². The van der Waals surface area contributed by atoms with Crippen molar-refractivity contribution in [2.75, 3.05) is 46.6 Å². The van der Waals surface area contributed by atoms with Gasteiger partial charge in [0.1, 0.15) is 12.2 Å². The number of hydrogen-bond donors (Lipinski definition) is 0. The van der Waals surface area contributed by atoms with E-state index in [9.17, 15) is 9.46 Å². The Morgan fingerprint density at radius 3 is 2.70 bits per heavy atom. The topological polar surface area (TPSA) is 103 Å². The lowest BCUT2D eigenvalue weighted by Gasteiger charge is -2.43. The molecule has 1 aromatic heterocycles. The largest absolute Gasteiger partial charge is 0.756 e. The molecule has 0 radical (unpaired) electrons. The third-order valence-corrected chi connectivity index (χ3v) is 7.33. The van der Waals surface area contributed by atoms with E-state index in [1.165, 1.54) is 12.8 Å². The fraction of sp³-hybridized carbons (Fsp3) is 0.818. The van der Waals surface area contributed by atoms with Crippen molar-refractivity contribution in [3.8, 4) is 5.88 Å². The Morgan fingerprint density at radius 2 is 1.94 bits per heavy atom. The molecule has 2 heterocycles. The van der Waals surface area contributed by atoms with E-state index in [0.29, 0.717) is 43.1 Å². The first-order valence-corrected chi connectivity index (χ1v) is 14.2. The summed E-state index contributed by atoms with van der Waals surface area (Å²) in [6, 6.07) is 0. The van der Waals surface area contributed by atoms with Gasteiger partial charge >= 0.3 is 0 Å². The molecule has 0 spiro atoms. The van der Waals surface area contributed by atoms with Crippen molar-refractivity contribution in [1.82, 2.24) is 8.75 Å². The van der Waals surface area contributed by atoms with Crippen LogP contribution in [0.5, 0.6) is 5.88 Å². The molecule has 0 saturated carbocycles. The quantitative estimate of drug-likeness (QED) is 0.174. The predicted molar refractivity (Wildman–Crippen MR) is 128 cm³/mol. The van der Waals surface area contributed by atoms with Crippen molar-refractivity contribution < 1.29 is 32.5 Å². The molecule has 0 aliphatic carbocycles. The van der Waals surface area contributed by atoms with Crippen molar-refractivity contribution in [1.29, 1.82) is 0 Å². The Balaban J connectivity index is 1.89. The third-order valence-electron chi connectivity index (χ3n) is 5.75. The summed E-state index contributed by atoms with van der Waals surface area (Å²) in [7, 11) is -2.43. The maximum atomic E-state index is 12.3. The molecule has 0 amide bonds. The third kappa shape index (κ3) is 9.72. The van der Waals surface area contributed by atoms with Gasteiger partial charge in [-0.15, -0.1) is 4.37 Å². The van der Waals surface area contributed by atoms with Crippen LogP contribution in [0.4, 0.5) is 0 Å². The lowest BCUT2D eigenvalue weighted by atomic mass is 10.0. The van der Waals surface area contributed by atoms with E-state index in [0.717, 1.165) is 55.2 Å². The van der Waals surface area contributed by atoms with Crippen molar-refractivity contribution >= 4 is 25.1 Å². The minimum absolute atomic E-state index is 0.0511. The van der Waals surface area contributed by atoms with Crippen LogP contribution in [0, 0.1) is 0 Å². The zero-order chi connectivity index (χ0) is 24.2. The molecule has 11 heteroatoms. The highest BCUT2D eigenvalue weighted by molar-refractivity contribution is 7.45. The maximum Gasteiger partial charge on any atom is 0.272 e. The van der Waals surface area contributed by atoms with E-state index in [1.54, 1.807) is 6.92 Å². The minimum Gasteiger partial charge on any atom is -0.756 e. The number of aromatic nitrogens is 2. The lowest BCUT2D eigenvalue weighted by molar-refractivity contribution is -0.944. The number of rotatable bonds is 17. The monoisotopic (exact) mass is 505 g/mol. The fourth-order valence-corrected chi connectivity index (χ4v) is 5.18. The first kappa shape index (κ1) is 28.4. The van der Waals surface area contributed by atoms with Gasteiger partial charge in [0.05, 0.1) is 38.5 Å². The summed E-state index contributed by atoms with van der Waals surface area (Å²) in [5.41, 5.74) is 1.76. The van der Waals surface area contributed by atoms with Crippen LogP contribution in [0.15, 0.2) is 6.08 Å². The van der Waals surface area contributed by atoms with Crippen LogP contribution in [0.25, 0.3) is 5.57 Å². The average Bonchev–Trinajstić information content (AvgIpc) is 3.24. The van der Waals surface area contributed by atoms with Crippen molar-refractivity contribution in [3.05, 3.63) is 11.8 Å². The van der Waals surface area contributed by atoms with Crippen LogP contribution < -0.4 is 9.63 Å². The normalized spacial score (nSPS) is 21.4. The van der Waals surface area contributed by atoms with Crippen molar-refractivity contribution in [2.24, 2.45) is 0 Å². The second-order valence-electron chi connectivity index (χ2n) is 8.66. The van der Waals surface area contributed by atoms with Gasteiger partial charge in [0, 0.05) is 32.1 Å². The van der Waals surface area contributed by atoms with Crippen molar-refractivity contribution in [2.45, 2.75) is 71.9 Å². The van der Waals surface area contributed by atoms with Gasteiger partial charge in [-0.3, -0.25) is 13.6 Å². The zero-order valence-corrected chi connectivity index (χ0v) is 22.2. The van der Waals surface area contributed by atoms with E-state index >= 15 is 0 Å². The molecule has 0 fully saturated rings. The van der Waals surface area contributed by atoms with Gasteiger partial charge in [0.2, 0.25) is 0 Å². The number of likely N-dealkylation sites (N-methyl/N-ethyl adjacent to an activating group) is 1. The summed E-state index contributed by atoms with van der Waals surface area (Å²) in [5, 5.41) is 0. The number of phosphoric acid groups is 1. The second-order valence-corrected chi connectivity index (χ2v) is 10.5.